The van der Waals surface area contributed by atoms with E-state index in [1.807, 2.05) is 11.0 Å². The van der Waals surface area contributed by atoms with E-state index in [9.17, 15) is 13.2 Å². The Kier molecular flexibility index (Phi) is 4.37. The third-order valence-corrected chi connectivity index (χ3v) is 6.41. The molecule has 2 saturated heterocycles. The second kappa shape index (κ2) is 6.30. The lowest BCUT2D eigenvalue weighted by atomic mass is 10.1. The zero-order chi connectivity index (χ0) is 16.4. The van der Waals surface area contributed by atoms with Crippen LogP contribution >= 0.6 is 0 Å². The minimum Gasteiger partial charge on any atom is -0.338 e. The second-order valence-corrected chi connectivity index (χ2v) is 7.92. The molecule has 6 nitrogen and oxygen atoms in total. The zero-order valence-corrected chi connectivity index (χ0v) is 13.6. The lowest BCUT2D eigenvalue weighted by Gasteiger charge is -2.36. The lowest BCUT2D eigenvalue weighted by molar-refractivity contribution is -0.130. The van der Waals surface area contributed by atoms with E-state index in [1.54, 1.807) is 0 Å². The van der Waals surface area contributed by atoms with Crippen LogP contribution in [0, 0.1) is 11.3 Å². The molecule has 122 valence electrons. The maximum Gasteiger partial charge on any atom is 0.243 e. The summed E-state index contributed by atoms with van der Waals surface area (Å²) in [6.07, 6.45) is 3.03. The van der Waals surface area contributed by atoms with Crippen LogP contribution in [0.1, 0.15) is 31.2 Å². The number of hydrogen-bond donors (Lipinski definition) is 0. The summed E-state index contributed by atoms with van der Waals surface area (Å²) in [5.41, 5.74) is 0.433. The van der Waals surface area contributed by atoms with Gasteiger partial charge in [0, 0.05) is 32.1 Å². The van der Waals surface area contributed by atoms with Crippen LogP contribution in [0.5, 0.6) is 0 Å². The van der Waals surface area contributed by atoms with Crippen molar-refractivity contribution in [2.45, 2.75) is 36.6 Å². The highest BCUT2D eigenvalue weighted by molar-refractivity contribution is 7.89. The van der Waals surface area contributed by atoms with Crippen LogP contribution in [0.4, 0.5) is 0 Å². The summed E-state index contributed by atoms with van der Waals surface area (Å²) in [5.74, 6) is 0.132. The number of nitriles is 1. The number of carbonyl (C=O) groups is 1. The number of likely N-dealkylation sites (tertiary alicyclic amines) is 1. The molecule has 2 aliphatic heterocycles. The van der Waals surface area contributed by atoms with Gasteiger partial charge in [-0.25, -0.2) is 8.42 Å². The Balaban J connectivity index is 1.79. The maximum atomic E-state index is 12.8. The summed E-state index contributed by atoms with van der Waals surface area (Å²) in [6, 6.07) is 7.93. The number of carbonyl (C=O) groups excluding carboxylic acids is 1. The van der Waals surface area contributed by atoms with Gasteiger partial charge in [0.15, 0.2) is 0 Å². The standard InChI is InChI=1S/C16H19N3O3S/c17-11-13-5-7-15(8-6-13)23(21,22)18-9-1-3-14(12-18)19-10-2-4-16(19)20/h5-8,14H,1-4,9-10,12H2. The summed E-state index contributed by atoms with van der Waals surface area (Å²) >= 11 is 0. The topological polar surface area (TPSA) is 81.5 Å². The van der Waals surface area contributed by atoms with Crippen molar-refractivity contribution in [3.63, 3.8) is 0 Å². The Morgan fingerprint density at radius 3 is 2.48 bits per heavy atom. The van der Waals surface area contributed by atoms with Crippen molar-refractivity contribution in [1.82, 2.24) is 9.21 Å². The second-order valence-electron chi connectivity index (χ2n) is 5.99. The SMILES string of the molecule is N#Cc1ccc(S(=O)(=O)N2CCCC(N3CCCC3=O)C2)cc1. The summed E-state index contributed by atoms with van der Waals surface area (Å²) < 4.78 is 27.0. The first kappa shape index (κ1) is 16.0. The number of rotatable bonds is 3. The molecule has 2 aliphatic rings. The first-order chi connectivity index (χ1) is 11.0. The molecule has 1 unspecified atom stereocenters. The van der Waals surface area contributed by atoms with Crippen molar-refractivity contribution < 1.29 is 13.2 Å². The molecule has 0 N–H and O–H groups in total. The molecule has 1 aromatic carbocycles. The molecule has 0 spiro atoms. The highest BCUT2D eigenvalue weighted by Gasteiger charge is 2.35. The van der Waals surface area contributed by atoms with Gasteiger partial charge in [-0.3, -0.25) is 4.79 Å². The van der Waals surface area contributed by atoms with Crippen LogP contribution in [0.15, 0.2) is 29.2 Å². The molecule has 1 atom stereocenters. The Labute approximate surface area is 136 Å². The van der Waals surface area contributed by atoms with E-state index >= 15 is 0 Å². The van der Waals surface area contributed by atoms with Crippen LogP contribution in [-0.4, -0.2) is 49.2 Å². The molecule has 2 heterocycles. The molecule has 2 fully saturated rings. The van der Waals surface area contributed by atoms with Crippen molar-refractivity contribution in [1.29, 1.82) is 5.26 Å². The first-order valence-electron chi connectivity index (χ1n) is 7.82. The summed E-state index contributed by atoms with van der Waals surface area (Å²) in [7, 11) is -3.58. The van der Waals surface area contributed by atoms with E-state index < -0.39 is 10.0 Å². The molecule has 1 amide bonds. The molecule has 0 radical (unpaired) electrons. The summed E-state index contributed by atoms with van der Waals surface area (Å²) in [5, 5.41) is 8.81. The van der Waals surface area contributed by atoms with Gasteiger partial charge in [-0.15, -0.1) is 0 Å². The molecule has 0 saturated carbocycles. The number of piperidine rings is 1. The summed E-state index contributed by atoms with van der Waals surface area (Å²) in [6.45, 7) is 1.56. The molecule has 23 heavy (non-hydrogen) atoms. The van der Waals surface area contributed by atoms with Gasteiger partial charge < -0.3 is 4.90 Å². The highest BCUT2D eigenvalue weighted by atomic mass is 32.2. The van der Waals surface area contributed by atoms with E-state index in [0.717, 1.165) is 25.8 Å². The van der Waals surface area contributed by atoms with Gasteiger partial charge in [-0.2, -0.15) is 9.57 Å². The smallest absolute Gasteiger partial charge is 0.243 e. The van der Waals surface area contributed by atoms with Gasteiger partial charge in [0.25, 0.3) is 0 Å². The average Bonchev–Trinajstić information content (AvgIpc) is 3.01. The van der Waals surface area contributed by atoms with Crippen LogP contribution in [-0.2, 0) is 14.8 Å². The van der Waals surface area contributed by atoms with Crippen LogP contribution in [0.3, 0.4) is 0 Å². The van der Waals surface area contributed by atoms with Crippen LogP contribution < -0.4 is 0 Å². The van der Waals surface area contributed by atoms with Gasteiger partial charge in [-0.1, -0.05) is 0 Å². The minimum absolute atomic E-state index is 0.0214. The predicted octanol–water partition coefficient (Wildman–Crippen LogP) is 1.33. The molecule has 0 bridgehead atoms. The van der Waals surface area contributed by atoms with Crippen LogP contribution in [0.2, 0.25) is 0 Å². The Morgan fingerprint density at radius 2 is 1.87 bits per heavy atom. The van der Waals surface area contributed by atoms with E-state index in [1.165, 1.54) is 28.6 Å². The molecular formula is C16H19N3O3S. The van der Waals surface area contributed by atoms with E-state index in [4.69, 9.17) is 5.26 Å². The Hall–Kier alpha value is -1.91. The fourth-order valence-electron chi connectivity index (χ4n) is 3.30. The first-order valence-corrected chi connectivity index (χ1v) is 9.26. The number of sulfonamides is 1. The van der Waals surface area contributed by atoms with Gasteiger partial charge in [0.05, 0.1) is 16.5 Å². The third-order valence-electron chi connectivity index (χ3n) is 4.53. The third kappa shape index (κ3) is 3.09. The van der Waals surface area contributed by atoms with Gasteiger partial charge >= 0.3 is 0 Å². The molecular weight excluding hydrogens is 314 g/mol. The molecule has 1 aromatic rings. The largest absolute Gasteiger partial charge is 0.338 e. The summed E-state index contributed by atoms with van der Waals surface area (Å²) in [4.78, 5) is 13.9. The fraction of sp³-hybridized carbons (Fsp3) is 0.500. The fourth-order valence-corrected chi connectivity index (χ4v) is 4.82. The molecule has 0 aromatic heterocycles. The van der Waals surface area contributed by atoms with Gasteiger partial charge in [0.1, 0.15) is 0 Å². The lowest BCUT2D eigenvalue weighted by Crippen LogP contribution is -2.50. The van der Waals surface area contributed by atoms with E-state index in [-0.39, 0.29) is 16.8 Å². The zero-order valence-electron chi connectivity index (χ0n) is 12.8. The Morgan fingerprint density at radius 1 is 1.13 bits per heavy atom. The van der Waals surface area contributed by atoms with E-state index in [0.29, 0.717) is 25.1 Å². The molecule has 3 rings (SSSR count). The van der Waals surface area contributed by atoms with Crippen molar-refractivity contribution >= 4 is 15.9 Å². The highest BCUT2D eigenvalue weighted by Crippen LogP contribution is 2.25. The molecule has 7 heteroatoms. The quantitative estimate of drug-likeness (QED) is 0.836. The normalized spacial score (nSPS) is 23.0. The average molecular weight is 333 g/mol. The number of benzene rings is 1. The monoisotopic (exact) mass is 333 g/mol. The predicted molar refractivity (Wildman–Crippen MR) is 83.9 cm³/mol. The maximum absolute atomic E-state index is 12.8. The van der Waals surface area contributed by atoms with Crippen molar-refractivity contribution in [2.75, 3.05) is 19.6 Å². The van der Waals surface area contributed by atoms with Crippen LogP contribution in [0.25, 0.3) is 0 Å². The molecule has 0 aliphatic carbocycles. The van der Waals surface area contributed by atoms with Crippen molar-refractivity contribution in [3.05, 3.63) is 29.8 Å². The van der Waals surface area contributed by atoms with Crippen molar-refractivity contribution in [3.8, 4) is 6.07 Å². The number of nitrogens with zero attached hydrogens (tertiary/aromatic N) is 3. The number of amides is 1. The minimum atomic E-state index is -3.58. The van der Waals surface area contributed by atoms with Gasteiger partial charge in [0.2, 0.25) is 15.9 Å². The number of hydrogen-bond acceptors (Lipinski definition) is 4. The Bertz CT molecular complexity index is 737. The van der Waals surface area contributed by atoms with Gasteiger partial charge in [-0.05, 0) is 43.5 Å². The van der Waals surface area contributed by atoms with E-state index in [2.05, 4.69) is 0 Å². The van der Waals surface area contributed by atoms with Crippen molar-refractivity contribution in [2.24, 2.45) is 0 Å².